The molecule has 0 aliphatic heterocycles. The average Bonchev–Trinajstić information content (AvgIpc) is 2.49. The molecule has 0 aromatic carbocycles. The van der Waals surface area contributed by atoms with Crippen molar-refractivity contribution in [3.63, 3.8) is 0 Å². The van der Waals surface area contributed by atoms with Gasteiger partial charge in [-0.15, -0.1) is 0 Å². The summed E-state index contributed by atoms with van der Waals surface area (Å²) in [5.74, 6) is 0.907. The minimum Gasteiger partial charge on any atom is -0.389 e. The van der Waals surface area contributed by atoms with Crippen LogP contribution in [0.2, 0.25) is 0 Å². The van der Waals surface area contributed by atoms with E-state index in [1.807, 2.05) is 11.6 Å². The van der Waals surface area contributed by atoms with Gasteiger partial charge in [0.25, 0.3) is 0 Å². The Morgan fingerprint density at radius 3 is 2.92 bits per heavy atom. The van der Waals surface area contributed by atoms with Crippen LogP contribution in [-0.4, -0.2) is 25.5 Å². The van der Waals surface area contributed by atoms with E-state index < -0.39 is 5.60 Å². The molecule has 0 radical (unpaired) electrons. The maximum absolute atomic E-state index is 9.92. The summed E-state index contributed by atoms with van der Waals surface area (Å²) in [5.41, 5.74) is -0.486. The van der Waals surface area contributed by atoms with Crippen molar-refractivity contribution in [3.8, 4) is 0 Å². The molecule has 1 saturated carbocycles. The summed E-state index contributed by atoms with van der Waals surface area (Å²) in [6, 6.07) is 0. The second-order valence-corrected chi connectivity index (χ2v) is 3.75. The van der Waals surface area contributed by atoms with Crippen molar-refractivity contribution in [2.24, 2.45) is 0 Å². The Morgan fingerprint density at radius 2 is 2.38 bits per heavy atom. The molecule has 0 amide bonds. The number of hydrogen-bond donors (Lipinski definition) is 1. The first-order valence-electron chi connectivity index (χ1n) is 4.82. The largest absolute Gasteiger partial charge is 0.389 e. The zero-order valence-corrected chi connectivity index (χ0v) is 7.90. The lowest BCUT2D eigenvalue weighted by molar-refractivity contribution is -0.0346. The molecule has 0 bridgehead atoms. The lowest BCUT2D eigenvalue weighted by Gasteiger charge is -2.36. The highest BCUT2D eigenvalue weighted by molar-refractivity contribution is 4.98. The van der Waals surface area contributed by atoms with Gasteiger partial charge in [-0.25, -0.2) is 4.98 Å². The summed E-state index contributed by atoms with van der Waals surface area (Å²) in [6.07, 6.45) is 5.16. The Kier molecular flexibility index (Phi) is 2.07. The molecular weight excluding hydrogens is 166 g/mol. The summed E-state index contributed by atoms with van der Waals surface area (Å²) in [4.78, 5) is 4.15. The minimum absolute atomic E-state index is 0.486. The lowest BCUT2D eigenvalue weighted by Crippen LogP contribution is -2.39. The smallest absolute Gasteiger partial charge is 0.138 e. The van der Waals surface area contributed by atoms with Gasteiger partial charge in [-0.05, 0) is 26.2 Å². The highest BCUT2D eigenvalue weighted by atomic mass is 16.3. The fourth-order valence-corrected chi connectivity index (χ4v) is 1.75. The normalized spacial score (nSPS) is 19.8. The van der Waals surface area contributed by atoms with Crippen LogP contribution in [0.15, 0.2) is 6.33 Å². The van der Waals surface area contributed by atoms with E-state index in [9.17, 15) is 5.11 Å². The number of nitrogens with zero attached hydrogens (tertiary/aromatic N) is 3. The SMILES string of the molecule is CCn1ncnc1CC1(O)CCC1. The molecule has 2 rings (SSSR count). The summed E-state index contributed by atoms with van der Waals surface area (Å²) in [5, 5.41) is 14.0. The van der Waals surface area contributed by atoms with Gasteiger partial charge >= 0.3 is 0 Å². The molecular formula is C9H15N3O. The van der Waals surface area contributed by atoms with Gasteiger partial charge in [-0.2, -0.15) is 5.10 Å². The quantitative estimate of drug-likeness (QED) is 0.748. The van der Waals surface area contributed by atoms with Gasteiger partial charge in [0, 0.05) is 13.0 Å². The third kappa shape index (κ3) is 1.58. The van der Waals surface area contributed by atoms with Crippen LogP contribution in [-0.2, 0) is 13.0 Å². The van der Waals surface area contributed by atoms with E-state index in [4.69, 9.17) is 0 Å². The molecule has 0 unspecified atom stereocenters. The molecule has 13 heavy (non-hydrogen) atoms. The Hall–Kier alpha value is -0.900. The van der Waals surface area contributed by atoms with Crippen molar-refractivity contribution >= 4 is 0 Å². The molecule has 4 heteroatoms. The van der Waals surface area contributed by atoms with Crippen LogP contribution in [0.5, 0.6) is 0 Å². The van der Waals surface area contributed by atoms with E-state index in [1.165, 1.54) is 0 Å². The molecule has 72 valence electrons. The van der Waals surface area contributed by atoms with Crippen LogP contribution in [0.25, 0.3) is 0 Å². The molecule has 1 aromatic heterocycles. The van der Waals surface area contributed by atoms with E-state index in [-0.39, 0.29) is 0 Å². The first-order valence-corrected chi connectivity index (χ1v) is 4.82. The molecule has 4 nitrogen and oxygen atoms in total. The van der Waals surface area contributed by atoms with Gasteiger partial charge in [-0.3, -0.25) is 4.68 Å². The van der Waals surface area contributed by atoms with Crippen molar-refractivity contribution in [2.45, 2.75) is 44.8 Å². The van der Waals surface area contributed by atoms with Gasteiger partial charge in [0.05, 0.1) is 5.60 Å². The standard InChI is InChI=1S/C9H15N3O/c1-2-12-8(10-7-11-12)6-9(13)4-3-5-9/h7,13H,2-6H2,1H3. The van der Waals surface area contributed by atoms with E-state index in [0.717, 1.165) is 31.6 Å². The van der Waals surface area contributed by atoms with Gasteiger partial charge in [0.1, 0.15) is 12.2 Å². The maximum Gasteiger partial charge on any atom is 0.138 e. The Labute approximate surface area is 77.6 Å². The van der Waals surface area contributed by atoms with Gasteiger partial charge in [-0.1, -0.05) is 0 Å². The minimum atomic E-state index is -0.486. The van der Waals surface area contributed by atoms with Crippen molar-refractivity contribution in [2.75, 3.05) is 0 Å². The fraction of sp³-hybridized carbons (Fsp3) is 0.778. The highest BCUT2D eigenvalue weighted by Gasteiger charge is 2.35. The van der Waals surface area contributed by atoms with Gasteiger partial charge in [0.15, 0.2) is 0 Å². The zero-order valence-electron chi connectivity index (χ0n) is 7.90. The first-order chi connectivity index (χ1) is 6.23. The van der Waals surface area contributed by atoms with Crippen molar-refractivity contribution in [1.82, 2.24) is 14.8 Å². The number of hydrogen-bond acceptors (Lipinski definition) is 3. The monoisotopic (exact) mass is 181 g/mol. The number of aliphatic hydroxyl groups is 1. The van der Waals surface area contributed by atoms with E-state index >= 15 is 0 Å². The molecule has 1 aromatic rings. The van der Waals surface area contributed by atoms with Crippen molar-refractivity contribution < 1.29 is 5.11 Å². The Morgan fingerprint density at radius 1 is 1.62 bits per heavy atom. The maximum atomic E-state index is 9.92. The average molecular weight is 181 g/mol. The van der Waals surface area contributed by atoms with Crippen LogP contribution in [0.1, 0.15) is 32.0 Å². The second kappa shape index (κ2) is 3.10. The third-order valence-corrected chi connectivity index (χ3v) is 2.77. The molecule has 1 N–H and O–H groups in total. The predicted octanol–water partition coefficient (Wildman–Crippen LogP) is 0.756. The molecule has 1 heterocycles. The number of rotatable bonds is 3. The number of aryl methyl sites for hydroxylation is 1. The fourth-order valence-electron chi connectivity index (χ4n) is 1.75. The van der Waals surface area contributed by atoms with Gasteiger partial charge in [0.2, 0.25) is 0 Å². The Bertz CT molecular complexity index is 291. The molecule has 1 aliphatic carbocycles. The summed E-state index contributed by atoms with van der Waals surface area (Å²) in [7, 11) is 0. The Balaban J connectivity index is 2.08. The topological polar surface area (TPSA) is 50.9 Å². The summed E-state index contributed by atoms with van der Waals surface area (Å²) in [6.45, 7) is 2.86. The van der Waals surface area contributed by atoms with Crippen molar-refractivity contribution in [1.29, 1.82) is 0 Å². The number of aromatic nitrogens is 3. The summed E-state index contributed by atoms with van der Waals surface area (Å²) >= 11 is 0. The predicted molar refractivity (Wildman–Crippen MR) is 48.2 cm³/mol. The molecule has 1 fully saturated rings. The van der Waals surface area contributed by atoms with E-state index in [1.54, 1.807) is 6.33 Å². The van der Waals surface area contributed by atoms with Crippen LogP contribution in [0.4, 0.5) is 0 Å². The van der Waals surface area contributed by atoms with Gasteiger partial charge < -0.3 is 5.11 Å². The molecule has 0 spiro atoms. The van der Waals surface area contributed by atoms with Crippen LogP contribution < -0.4 is 0 Å². The molecule has 0 atom stereocenters. The second-order valence-electron chi connectivity index (χ2n) is 3.75. The zero-order chi connectivity index (χ0) is 9.31. The third-order valence-electron chi connectivity index (χ3n) is 2.77. The van der Waals surface area contributed by atoms with Crippen LogP contribution in [0.3, 0.4) is 0 Å². The van der Waals surface area contributed by atoms with Crippen LogP contribution in [0, 0.1) is 0 Å². The first kappa shape index (κ1) is 8.69. The van der Waals surface area contributed by atoms with Crippen molar-refractivity contribution in [3.05, 3.63) is 12.2 Å². The highest BCUT2D eigenvalue weighted by Crippen LogP contribution is 2.34. The lowest BCUT2D eigenvalue weighted by atomic mass is 9.78. The summed E-state index contributed by atoms with van der Waals surface area (Å²) < 4.78 is 1.84. The molecule has 1 aliphatic rings. The van der Waals surface area contributed by atoms with E-state index in [0.29, 0.717) is 6.42 Å². The van der Waals surface area contributed by atoms with Crippen LogP contribution >= 0.6 is 0 Å². The molecule has 0 saturated heterocycles. The van der Waals surface area contributed by atoms with E-state index in [2.05, 4.69) is 10.1 Å².